The van der Waals surface area contributed by atoms with Gasteiger partial charge in [0, 0.05) is 18.5 Å². The molecule has 0 atom stereocenters. The number of aromatic amines is 1. The predicted molar refractivity (Wildman–Crippen MR) is 64.4 cm³/mol. The van der Waals surface area contributed by atoms with E-state index >= 15 is 0 Å². The molecule has 0 unspecified atom stereocenters. The van der Waals surface area contributed by atoms with Crippen molar-refractivity contribution in [2.24, 2.45) is 0 Å². The zero-order valence-corrected chi connectivity index (χ0v) is 9.80. The lowest BCUT2D eigenvalue weighted by Gasteiger charge is -2.07. The van der Waals surface area contributed by atoms with Crippen molar-refractivity contribution in [1.82, 2.24) is 15.3 Å². The molecule has 0 saturated heterocycles. The molecule has 18 heavy (non-hydrogen) atoms. The molecule has 3 N–H and O–H groups in total. The van der Waals surface area contributed by atoms with Crippen molar-refractivity contribution in [1.29, 1.82) is 0 Å². The summed E-state index contributed by atoms with van der Waals surface area (Å²) in [7, 11) is 1.49. The summed E-state index contributed by atoms with van der Waals surface area (Å²) in [6.07, 6.45) is 3.28. The molecule has 0 radical (unpaired) electrons. The molecule has 1 aromatic heterocycles. The summed E-state index contributed by atoms with van der Waals surface area (Å²) < 4.78 is 4.94. The van der Waals surface area contributed by atoms with E-state index in [2.05, 4.69) is 15.3 Å². The molecule has 0 spiro atoms. The molecule has 6 heteroatoms. The maximum absolute atomic E-state index is 11.8. The van der Waals surface area contributed by atoms with Crippen LogP contribution < -0.4 is 10.1 Å². The van der Waals surface area contributed by atoms with Gasteiger partial charge in [-0.05, 0) is 12.1 Å². The summed E-state index contributed by atoms with van der Waals surface area (Å²) in [6, 6.07) is 4.51. The molecule has 0 saturated carbocycles. The number of H-pyrrole nitrogens is 1. The van der Waals surface area contributed by atoms with Crippen LogP contribution in [0.2, 0.25) is 0 Å². The van der Waals surface area contributed by atoms with E-state index in [1.165, 1.54) is 19.2 Å². The normalized spacial score (nSPS) is 10.1. The first-order valence-corrected chi connectivity index (χ1v) is 5.34. The summed E-state index contributed by atoms with van der Waals surface area (Å²) in [5, 5.41) is 12.3. The van der Waals surface area contributed by atoms with Crippen LogP contribution in [-0.2, 0) is 6.54 Å². The van der Waals surface area contributed by atoms with E-state index in [1.807, 2.05) is 0 Å². The number of carbonyl (C=O) groups is 1. The van der Waals surface area contributed by atoms with Crippen LogP contribution in [0.25, 0.3) is 0 Å². The van der Waals surface area contributed by atoms with Crippen LogP contribution in [0.1, 0.15) is 16.2 Å². The Morgan fingerprint density at radius 1 is 1.56 bits per heavy atom. The molecule has 2 aromatic rings. The van der Waals surface area contributed by atoms with Crippen molar-refractivity contribution in [3.05, 3.63) is 42.0 Å². The summed E-state index contributed by atoms with van der Waals surface area (Å²) >= 11 is 0. The van der Waals surface area contributed by atoms with Gasteiger partial charge in [-0.3, -0.25) is 4.79 Å². The second-order valence-corrected chi connectivity index (χ2v) is 3.60. The van der Waals surface area contributed by atoms with Crippen molar-refractivity contribution in [3.8, 4) is 11.5 Å². The number of nitrogens with zero attached hydrogens (tertiary/aromatic N) is 1. The fourth-order valence-corrected chi connectivity index (χ4v) is 1.48. The Balaban J connectivity index is 2.04. The molecular weight excluding hydrogens is 234 g/mol. The number of phenolic OH excluding ortho intramolecular Hbond substituents is 1. The number of ether oxygens (including phenoxy) is 1. The van der Waals surface area contributed by atoms with Crippen molar-refractivity contribution in [2.75, 3.05) is 7.11 Å². The second kappa shape index (κ2) is 5.22. The molecule has 1 heterocycles. The SMILES string of the molecule is COc1ccc(C(=O)NCc2ncc[nH]2)c(O)c1. The second-order valence-electron chi connectivity index (χ2n) is 3.60. The molecule has 94 valence electrons. The quantitative estimate of drug-likeness (QED) is 0.753. The zero-order chi connectivity index (χ0) is 13.0. The Hall–Kier alpha value is -2.50. The number of benzene rings is 1. The van der Waals surface area contributed by atoms with Gasteiger partial charge >= 0.3 is 0 Å². The number of phenols is 1. The fourth-order valence-electron chi connectivity index (χ4n) is 1.48. The lowest BCUT2D eigenvalue weighted by molar-refractivity contribution is 0.0947. The van der Waals surface area contributed by atoms with E-state index in [0.29, 0.717) is 11.6 Å². The van der Waals surface area contributed by atoms with E-state index < -0.39 is 0 Å². The average Bonchev–Trinajstić information content (AvgIpc) is 2.88. The highest BCUT2D eigenvalue weighted by atomic mass is 16.5. The fraction of sp³-hybridized carbons (Fsp3) is 0.167. The number of aromatic nitrogens is 2. The molecular formula is C12H13N3O3. The predicted octanol–water partition coefficient (Wildman–Crippen LogP) is 1.05. The number of methoxy groups -OCH3 is 1. The maximum atomic E-state index is 11.8. The van der Waals surface area contributed by atoms with Crippen LogP contribution in [0, 0.1) is 0 Å². The smallest absolute Gasteiger partial charge is 0.255 e. The highest BCUT2D eigenvalue weighted by Crippen LogP contribution is 2.23. The number of amides is 1. The third-order valence-electron chi connectivity index (χ3n) is 2.42. The Kier molecular flexibility index (Phi) is 3.47. The lowest BCUT2D eigenvalue weighted by Crippen LogP contribution is -2.23. The van der Waals surface area contributed by atoms with Gasteiger partial charge in [0.2, 0.25) is 0 Å². The van der Waals surface area contributed by atoms with Crippen LogP contribution in [-0.4, -0.2) is 28.1 Å². The maximum Gasteiger partial charge on any atom is 0.255 e. The van der Waals surface area contributed by atoms with E-state index in [1.54, 1.807) is 18.5 Å². The number of aromatic hydroxyl groups is 1. The summed E-state index contributed by atoms with van der Waals surface area (Å²) in [4.78, 5) is 18.7. The van der Waals surface area contributed by atoms with Crippen molar-refractivity contribution in [3.63, 3.8) is 0 Å². The molecule has 0 aliphatic heterocycles. The zero-order valence-electron chi connectivity index (χ0n) is 9.80. The van der Waals surface area contributed by atoms with E-state index in [0.717, 1.165) is 0 Å². The topological polar surface area (TPSA) is 87.2 Å². The van der Waals surface area contributed by atoms with Crippen LogP contribution >= 0.6 is 0 Å². The third kappa shape index (κ3) is 2.60. The first-order valence-electron chi connectivity index (χ1n) is 5.34. The summed E-state index contributed by atoms with van der Waals surface area (Å²) in [6.45, 7) is 0.275. The van der Waals surface area contributed by atoms with Gasteiger partial charge in [0.05, 0.1) is 19.2 Å². The van der Waals surface area contributed by atoms with Crippen molar-refractivity contribution in [2.45, 2.75) is 6.54 Å². The Morgan fingerprint density at radius 2 is 2.39 bits per heavy atom. The van der Waals surface area contributed by atoms with Gasteiger partial charge in [-0.1, -0.05) is 0 Å². The first kappa shape index (κ1) is 12.0. The summed E-state index contributed by atoms with van der Waals surface area (Å²) in [5.74, 6) is 0.657. The van der Waals surface area contributed by atoms with Gasteiger partial charge in [0.15, 0.2) is 0 Å². The Bertz CT molecular complexity index is 538. The third-order valence-corrected chi connectivity index (χ3v) is 2.42. The van der Waals surface area contributed by atoms with E-state index in [9.17, 15) is 9.90 Å². The number of imidazole rings is 1. The average molecular weight is 247 g/mol. The molecule has 1 amide bonds. The molecule has 0 fully saturated rings. The monoisotopic (exact) mass is 247 g/mol. The minimum absolute atomic E-state index is 0.119. The van der Waals surface area contributed by atoms with Crippen molar-refractivity contribution < 1.29 is 14.6 Å². The van der Waals surface area contributed by atoms with Gasteiger partial charge in [-0.15, -0.1) is 0 Å². The Morgan fingerprint density at radius 3 is 3.00 bits per heavy atom. The highest BCUT2D eigenvalue weighted by Gasteiger charge is 2.11. The van der Waals surface area contributed by atoms with Gasteiger partial charge in [0.25, 0.3) is 5.91 Å². The standard InChI is InChI=1S/C12H13N3O3/c1-18-8-2-3-9(10(16)6-8)12(17)15-7-11-13-4-5-14-11/h2-6,16H,7H2,1H3,(H,13,14)(H,15,17). The van der Waals surface area contributed by atoms with E-state index in [-0.39, 0.29) is 23.8 Å². The van der Waals surface area contributed by atoms with Crippen LogP contribution in [0.3, 0.4) is 0 Å². The lowest BCUT2D eigenvalue weighted by atomic mass is 10.2. The molecule has 0 bridgehead atoms. The van der Waals surface area contributed by atoms with Gasteiger partial charge < -0.3 is 20.1 Å². The van der Waals surface area contributed by atoms with Crippen molar-refractivity contribution >= 4 is 5.91 Å². The van der Waals surface area contributed by atoms with Crippen LogP contribution in [0.15, 0.2) is 30.6 Å². The number of carbonyl (C=O) groups excluding carboxylic acids is 1. The molecule has 1 aromatic carbocycles. The van der Waals surface area contributed by atoms with Gasteiger partial charge in [-0.25, -0.2) is 4.98 Å². The van der Waals surface area contributed by atoms with Gasteiger partial charge in [0.1, 0.15) is 17.3 Å². The first-order chi connectivity index (χ1) is 8.70. The Labute approximate surface area is 104 Å². The van der Waals surface area contributed by atoms with E-state index in [4.69, 9.17) is 4.74 Å². The van der Waals surface area contributed by atoms with Gasteiger partial charge in [-0.2, -0.15) is 0 Å². The molecule has 2 rings (SSSR count). The highest BCUT2D eigenvalue weighted by molar-refractivity contribution is 5.96. The summed E-state index contributed by atoms with van der Waals surface area (Å²) in [5.41, 5.74) is 0.197. The number of hydrogen-bond donors (Lipinski definition) is 3. The molecule has 0 aliphatic carbocycles. The van der Waals surface area contributed by atoms with Crippen LogP contribution in [0.5, 0.6) is 11.5 Å². The molecule has 6 nitrogen and oxygen atoms in total. The number of hydrogen-bond acceptors (Lipinski definition) is 4. The number of rotatable bonds is 4. The number of nitrogens with one attached hydrogen (secondary N) is 2. The minimum atomic E-state index is -0.369. The minimum Gasteiger partial charge on any atom is -0.507 e. The van der Waals surface area contributed by atoms with Crippen LogP contribution in [0.4, 0.5) is 0 Å². The molecule has 0 aliphatic rings. The largest absolute Gasteiger partial charge is 0.507 e.